The molecule has 0 aromatic carbocycles. The van der Waals surface area contributed by atoms with Gasteiger partial charge in [0.25, 0.3) is 5.97 Å². The zero-order valence-electron chi connectivity index (χ0n) is 17.8. The van der Waals surface area contributed by atoms with Crippen LogP contribution in [-0.2, 0) is 14.2 Å². The Balaban J connectivity index is 4.26. The number of halogens is 3. The molecule has 0 radical (unpaired) electrons. The van der Waals surface area contributed by atoms with Crippen molar-refractivity contribution in [3.05, 3.63) is 0 Å². The molecule has 0 aromatic rings. The summed E-state index contributed by atoms with van der Waals surface area (Å²) in [7, 11) is 4.79. The van der Waals surface area contributed by atoms with Crippen LogP contribution in [0.3, 0.4) is 0 Å². The van der Waals surface area contributed by atoms with Crippen molar-refractivity contribution in [2.75, 3.05) is 21.3 Å². The summed E-state index contributed by atoms with van der Waals surface area (Å²) in [5.74, 6) is -0.904. The van der Waals surface area contributed by atoms with Crippen molar-refractivity contribution >= 4 is 0 Å². The van der Waals surface area contributed by atoms with E-state index in [1.165, 1.54) is 32.1 Å². The third kappa shape index (κ3) is 12.7. The van der Waals surface area contributed by atoms with Gasteiger partial charge >= 0.3 is 6.18 Å². The van der Waals surface area contributed by atoms with Crippen LogP contribution in [0.15, 0.2) is 0 Å². The van der Waals surface area contributed by atoms with Crippen LogP contribution in [0.5, 0.6) is 0 Å². The maximum absolute atomic E-state index is 12.2. The molecular weight excluding hydrogens is 357 g/mol. The van der Waals surface area contributed by atoms with Crippen LogP contribution in [0.4, 0.5) is 13.2 Å². The SMILES string of the molecule is CCCCCCCCC(CCCCCCCC(F)(F)F)C(OC)(OC)OC. The van der Waals surface area contributed by atoms with Gasteiger partial charge in [-0.15, -0.1) is 0 Å². The first kappa shape index (κ1) is 26.7. The Morgan fingerprint density at radius 2 is 1.04 bits per heavy atom. The van der Waals surface area contributed by atoms with Crippen LogP contribution in [-0.4, -0.2) is 33.5 Å². The van der Waals surface area contributed by atoms with E-state index in [-0.39, 0.29) is 12.3 Å². The molecule has 0 N–H and O–H groups in total. The second-order valence-electron chi connectivity index (χ2n) is 7.39. The van der Waals surface area contributed by atoms with Gasteiger partial charge in [-0.2, -0.15) is 13.2 Å². The van der Waals surface area contributed by atoms with E-state index in [1.807, 2.05) is 0 Å². The number of hydrogen-bond donors (Lipinski definition) is 0. The fourth-order valence-electron chi connectivity index (χ4n) is 3.67. The maximum Gasteiger partial charge on any atom is 0.389 e. The summed E-state index contributed by atoms with van der Waals surface area (Å²) in [6, 6.07) is 0. The zero-order valence-corrected chi connectivity index (χ0v) is 17.8. The Morgan fingerprint density at radius 3 is 1.44 bits per heavy atom. The Hall–Kier alpha value is -0.330. The summed E-state index contributed by atoms with van der Waals surface area (Å²) in [4.78, 5) is 0. The predicted molar refractivity (Wildman–Crippen MR) is 104 cm³/mol. The summed E-state index contributed by atoms with van der Waals surface area (Å²) in [6.07, 6.45) is 8.09. The van der Waals surface area contributed by atoms with Gasteiger partial charge in [-0.3, -0.25) is 0 Å². The van der Waals surface area contributed by atoms with E-state index in [4.69, 9.17) is 14.2 Å². The first-order valence-electron chi connectivity index (χ1n) is 10.6. The van der Waals surface area contributed by atoms with Crippen molar-refractivity contribution in [2.24, 2.45) is 5.92 Å². The van der Waals surface area contributed by atoms with E-state index in [9.17, 15) is 13.2 Å². The van der Waals surface area contributed by atoms with Crippen molar-refractivity contribution in [2.45, 2.75) is 109 Å². The molecule has 0 fully saturated rings. The smallest absolute Gasteiger partial charge is 0.331 e. The van der Waals surface area contributed by atoms with Crippen molar-refractivity contribution in [1.29, 1.82) is 0 Å². The van der Waals surface area contributed by atoms with E-state index in [0.717, 1.165) is 38.5 Å². The lowest BCUT2D eigenvalue weighted by Gasteiger charge is -2.36. The third-order valence-electron chi connectivity index (χ3n) is 5.27. The van der Waals surface area contributed by atoms with Gasteiger partial charge in [-0.05, 0) is 19.3 Å². The maximum atomic E-state index is 12.2. The minimum atomic E-state index is -4.03. The first-order valence-corrected chi connectivity index (χ1v) is 10.6. The molecule has 1 atom stereocenters. The molecule has 0 bridgehead atoms. The van der Waals surface area contributed by atoms with Gasteiger partial charge in [0.05, 0.1) is 0 Å². The van der Waals surface area contributed by atoms with Crippen LogP contribution >= 0.6 is 0 Å². The van der Waals surface area contributed by atoms with Crippen LogP contribution < -0.4 is 0 Å². The fourth-order valence-corrected chi connectivity index (χ4v) is 3.67. The molecule has 0 aliphatic rings. The normalized spacial score (nSPS) is 13.9. The highest BCUT2D eigenvalue weighted by molar-refractivity contribution is 4.72. The number of hydrogen-bond acceptors (Lipinski definition) is 3. The molecule has 27 heavy (non-hydrogen) atoms. The quantitative estimate of drug-likeness (QED) is 0.180. The van der Waals surface area contributed by atoms with Gasteiger partial charge < -0.3 is 14.2 Å². The molecule has 0 amide bonds. The fraction of sp³-hybridized carbons (Fsp3) is 1.00. The van der Waals surface area contributed by atoms with Crippen molar-refractivity contribution < 1.29 is 27.4 Å². The van der Waals surface area contributed by atoms with Gasteiger partial charge in [0.15, 0.2) is 0 Å². The van der Waals surface area contributed by atoms with Gasteiger partial charge in [0, 0.05) is 33.7 Å². The largest absolute Gasteiger partial charge is 0.389 e. The lowest BCUT2D eigenvalue weighted by atomic mass is 9.91. The Labute approximate surface area is 164 Å². The van der Waals surface area contributed by atoms with Crippen LogP contribution in [0.2, 0.25) is 0 Å². The van der Waals surface area contributed by atoms with Gasteiger partial charge in [-0.1, -0.05) is 71.1 Å². The van der Waals surface area contributed by atoms with E-state index in [1.54, 1.807) is 21.3 Å². The van der Waals surface area contributed by atoms with Crippen LogP contribution in [0, 0.1) is 5.92 Å². The van der Waals surface area contributed by atoms with Crippen LogP contribution in [0.1, 0.15) is 96.8 Å². The molecule has 6 heteroatoms. The highest BCUT2D eigenvalue weighted by Gasteiger charge is 2.39. The lowest BCUT2D eigenvalue weighted by molar-refractivity contribution is -0.380. The van der Waals surface area contributed by atoms with Gasteiger partial charge in [0.2, 0.25) is 0 Å². The average Bonchev–Trinajstić information content (AvgIpc) is 2.63. The number of methoxy groups -OCH3 is 3. The number of ether oxygens (including phenoxy) is 3. The summed E-state index contributed by atoms with van der Waals surface area (Å²) in [6.45, 7) is 2.21. The highest BCUT2D eigenvalue weighted by atomic mass is 19.4. The minimum absolute atomic E-state index is 0.124. The van der Waals surface area contributed by atoms with Gasteiger partial charge in [0.1, 0.15) is 0 Å². The molecule has 0 aliphatic heterocycles. The van der Waals surface area contributed by atoms with Crippen molar-refractivity contribution in [1.82, 2.24) is 0 Å². The molecule has 1 unspecified atom stereocenters. The molecule has 0 heterocycles. The minimum Gasteiger partial charge on any atom is -0.331 e. The molecule has 0 saturated carbocycles. The van der Waals surface area contributed by atoms with E-state index >= 15 is 0 Å². The monoisotopic (exact) mass is 398 g/mol. The Bertz CT molecular complexity index is 323. The van der Waals surface area contributed by atoms with E-state index in [2.05, 4.69) is 6.92 Å². The van der Waals surface area contributed by atoms with E-state index < -0.39 is 18.6 Å². The summed E-state index contributed by atoms with van der Waals surface area (Å²) in [5.41, 5.74) is 0. The number of rotatable bonds is 18. The lowest BCUT2D eigenvalue weighted by Crippen LogP contribution is -2.44. The second-order valence-corrected chi connectivity index (χ2v) is 7.39. The average molecular weight is 399 g/mol. The summed E-state index contributed by atoms with van der Waals surface area (Å²) < 4.78 is 53.2. The standard InChI is InChI=1S/C21H41F3O3/c1-5-6-7-8-10-13-16-19(21(25-2,26-3)27-4)17-14-11-9-12-15-18-20(22,23)24/h19H,5-18H2,1-4H3. The van der Waals surface area contributed by atoms with Crippen molar-refractivity contribution in [3.8, 4) is 0 Å². The predicted octanol–water partition coefficient (Wildman–Crippen LogP) is 7.24. The third-order valence-corrected chi connectivity index (χ3v) is 5.27. The summed E-state index contributed by atoms with van der Waals surface area (Å²) in [5, 5.41) is 0. The topological polar surface area (TPSA) is 27.7 Å². The number of alkyl halides is 3. The van der Waals surface area contributed by atoms with E-state index in [0.29, 0.717) is 6.42 Å². The van der Waals surface area contributed by atoms with Gasteiger partial charge in [-0.25, -0.2) is 0 Å². The molecule has 0 saturated heterocycles. The highest BCUT2D eigenvalue weighted by Crippen LogP contribution is 2.33. The number of unbranched alkanes of at least 4 members (excludes halogenated alkanes) is 9. The molecular formula is C21H41F3O3. The molecule has 0 rings (SSSR count). The molecule has 0 aliphatic carbocycles. The first-order chi connectivity index (χ1) is 12.8. The van der Waals surface area contributed by atoms with Crippen molar-refractivity contribution in [3.63, 3.8) is 0 Å². The second kappa shape index (κ2) is 15.6. The Kier molecular flexibility index (Phi) is 15.4. The zero-order chi connectivity index (χ0) is 20.6. The summed E-state index contributed by atoms with van der Waals surface area (Å²) >= 11 is 0. The molecule has 0 aromatic heterocycles. The van der Waals surface area contributed by atoms with Crippen LogP contribution in [0.25, 0.3) is 0 Å². The Morgan fingerprint density at radius 1 is 0.630 bits per heavy atom. The molecule has 0 spiro atoms. The molecule has 3 nitrogen and oxygen atoms in total. The molecule has 164 valence electrons.